The second kappa shape index (κ2) is 4.73. The van der Waals surface area contributed by atoms with E-state index >= 15 is 0 Å². The highest BCUT2D eigenvalue weighted by atomic mass is 79.9. The lowest BCUT2D eigenvalue weighted by Crippen LogP contribution is -2.56. The Kier molecular flexibility index (Phi) is 3.18. The average molecular weight is 394 g/mol. The summed E-state index contributed by atoms with van der Waals surface area (Å²) in [5.74, 6) is -0.0275. The molecular weight excluding hydrogens is 374 g/mol. The number of anilines is 1. The van der Waals surface area contributed by atoms with E-state index in [-0.39, 0.29) is 17.4 Å². The number of benzene rings is 1. The van der Waals surface area contributed by atoms with Crippen molar-refractivity contribution in [1.82, 2.24) is 0 Å². The summed E-state index contributed by atoms with van der Waals surface area (Å²) < 4.78 is 29.3. The van der Waals surface area contributed by atoms with Crippen molar-refractivity contribution in [3.8, 4) is 0 Å². The fourth-order valence-corrected chi connectivity index (χ4v) is 6.99. The summed E-state index contributed by atoms with van der Waals surface area (Å²) in [5.41, 5.74) is 3.08. The maximum Gasteiger partial charge on any atom is 0.261 e. The maximum absolute atomic E-state index is 13.3. The number of sulfonamides is 1. The Labute approximate surface area is 146 Å². The van der Waals surface area contributed by atoms with Gasteiger partial charge in [-0.15, -0.1) is 0 Å². The lowest BCUT2D eigenvalue weighted by Gasteiger charge is -2.49. The van der Waals surface area contributed by atoms with Gasteiger partial charge in [0.15, 0.2) is 0 Å². The Morgan fingerprint density at radius 1 is 1.30 bits per heavy atom. The van der Waals surface area contributed by atoms with Crippen LogP contribution in [0, 0.1) is 11.3 Å². The van der Waals surface area contributed by atoms with Gasteiger partial charge in [-0.05, 0) is 48.9 Å². The van der Waals surface area contributed by atoms with Gasteiger partial charge in [-0.2, -0.15) is 0 Å². The molecule has 0 aromatic heterocycles. The van der Waals surface area contributed by atoms with Gasteiger partial charge in [0.25, 0.3) is 10.0 Å². The molecule has 2 atom stereocenters. The van der Waals surface area contributed by atoms with Crippen molar-refractivity contribution in [2.45, 2.75) is 39.7 Å². The Morgan fingerprint density at radius 2 is 2.04 bits per heavy atom. The summed E-state index contributed by atoms with van der Waals surface area (Å²) in [5, 5.41) is 0. The van der Waals surface area contributed by atoms with E-state index in [0.717, 1.165) is 28.6 Å². The lowest BCUT2D eigenvalue weighted by molar-refractivity contribution is 0.228. The molecule has 1 aliphatic carbocycles. The van der Waals surface area contributed by atoms with Gasteiger partial charge in [-0.25, -0.2) is 8.42 Å². The minimum absolute atomic E-state index is 0.0268. The van der Waals surface area contributed by atoms with Gasteiger partial charge in [0, 0.05) is 10.4 Å². The summed E-state index contributed by atoms with van der Waals surface area (Å²) >= 11 is 3.50. The molecule has 0 amide bonds. The van der Waals surface area contributed by atoms with Crippen LogP contribution in [0.1, 0.15) is 32.8 Å². The standard InChI is InChI=1S/C18H20BrNO2S/c1-11-4-7-16-14(8-11)18(2,3)17-10-12-9-13(19)5-6-15(12)20(17)23(16,21)22/h5-9,14,17H,4,10H2,1-3H3/t14-,17-/m1/s1. The Morgan fingerprint density at radius 3 is 2.78 bits per heavy atom. The van der Waals surface area contributed by atoms with Crippen LogP contribution < -0.4 is 4.31 Å². The first-order valence-corrected chi connectivity index (χ1v) is 10.2. The Balaban J connectivity index is 1.94. The second-order valence-electron chi connectivity index (χ2n) is 7.42. The van der Waals surface area contributed by atoms with Crippen molar-refractivity contribution in [2.75, 3.05) is 4.31 Å². The van der Waals surface area contributed by atoms with E-state index in [4.69, 9.17) is 0 Å². The van der Waals surface area contributed by atoms with Crippen molar-refractivity contribution < 1.29 is 8.42 Å². The van der Waals surface area contributed by atoms with Crippen LogP contribution in [0.2, 0.25) is 0 Å². The molecule has 0 radical (unpaired) electrons. The number of fused-ring (bicyclic) bond motifs is 4. The Hall–Kier alpha value is -1.07. The number of hydrogen-bond donors (Lipinski definition) is 0. The molecule has 0 saturated carbocycles. The second-order valence-corrected chi connectivity index (χ2v) is 10.1. The van der Waals surface area contributed by atoms with Crippen molar-refractivity contribution in [3.05, 3.63) is 50.9 Å². The summed E-state index contributed by atoms with van der Waals surface area (Å²) in [7, 11) is -3.45. The molecule has 1 fully saturated rings. The molecule has 0 N–H and O–H groups in total. The predicted molar refractivity (Wildman–Crippen MR) is 96.8 cm³/mol. The fraction of sp³-hybridized carbons (Fsp3) is 0.444. The normalized spacial score (nSPS) is 30.0. The summed E-state index contributed by atoms with van der Waals surface area (Å²) in [4.78, 5) is 0.583. The van der Waals surface area contributed by atoms with Gasteiger partial charge >= 0.3 is 0 Å². The van der Waals surface area contributed by atoms with Gasteiger partial charge in [-0.3, -0.25) is 4.31 Å². The zero-order chi connectivity index (χ0) is 16.6. The van der Waals surface area contributed by atoms with Crippen LogP contribution in [-0.4, -0.2) is 14.5 Å². The maximum atomic E-state index is 13.3. The van der Waals surface area contributed by atoms with E-state index in [0.29, 0.717) is 4.91 Å². The molecule has 5 heteroatoms. The van der Waals surface area contributed by atoms with Crippen molar-refractivity contribution in [2.24, 2.45) is 11.3 Å². The molecule has 2 aliphatic heterocycles. The quantitative estimate of drug-likeness (QED) is 0.612. The highest BCUT2D eigenvalue weighted by Crippen LogP contribution is 2.55. The Bertz CT molecular complexity index is 867. The topological polar surface area (TPSA) is 37.4 Å². The van der Waals surface area contributed by atoms with E-state index < -0.39 is 10.0 Å². The zero-order valence-electron chi connectivity index (χ0n) is 13.5. The molecule has 122 valence electrons. The van der Waals surface area contributed by atoms with Crippen molar-refractivity contribution >= 4 is 31.6 Å². The highest BCUT2D eigenvalue weighted by Gasteiger charge is 2.56. The van der Waals surface area contributed by atoms with Crippen molar-refractivity contribution in [1.29, 1.82) is 0 Å². The molecule has 23 heavy (non-hydrogen) atoms. The van der Waals surface area contributed by atoms with Gasteiger partial charge in [0.05, 0.1) is 16.6 Å². The molecule has 3 aliphatic rings. The minimum atomic E-state index is -3.45. The minimum Gasteiger partial charge on any atom is -0.262 e. The van der Waals surface area contributed by atoms with E-state index in [2.05, 4.69) is 48.8 Å². The molecule has 2 heterocycles. The molecule has 0 unspecified atom stereocenters. The summed E-state index contributed by atoms with van der Waals surface area (Å²) in [6.07, 6.45) is 5.60. The molecule has 1 aromatic carbocycles. The number of halogens is 1. The zero-order valence-corrected chi connectivity index (χ0v) is 15.9. The van der Waals surface area contributed by atoms with Crippen LogP contribution in [0.15, 0.2) is 45.3 Å². The molecule has 1 aromatic rings. The van der Waals surface area contributed by atoms with E-state index in [1.165, 1.54) is 5.57 Å². The molecule has 1 saturated heterocycles. The first kappa shape index (κ1) is 15.5. The van der Waals surface area contributed by atoms with Crippen LogP contribution in [0.5, 0.6) is 0 Å². The van der Waals surface area contributed by atoms with Crippen LogP contribution in [0.4, 0.5) is 5.69 Å². The van der Waals surface area contributed by atoms with Crippen molar-refractivity contribution in [3.63, 3.8) is 0 Å². The van der Waals surface area contributed by atoms with Crippen LogP contribution in [0.25, 0.3) is 0 Å². The average Bonchev–Trinajstić information content (AvgIpc) is 2.86. The lowest BCUT2D eigenvalue weighted by atomic mass is 9.69. The van der Waals surface area contributed by atoms with Crippen LogP contribution in [-0.2, 0) is 16.4 Å². The first-order chi connectivity index (χ1) is 10.7. The summed E-state index contributed by atoms with van der Waals surface area (Å²) in [6, 6.07) is 5.88. The van der Waals surface area contributed by atoms with E-state index in [1.54, 1.807) is 4.31 Å². The molecule has 4 rings (SSSR count). The third kappa shape index (κ3) is 2.02. The number of allylic oxidation sites excluding steroid dienone is 4. The van der Waals surface area contributed by atoms with Crippen LogP contribution in [0.3, 0.4) is 0 Å². The number of hydrogen-bond acceptors (Lipinski definition) is 2. The third-order valence-corrected chi connectivity index (χ3v) is 8.05. The first-order valence-electron chi connectivity index (χ1n) is 7.93. The monoisotopic (exact) mass is 393 g/mol. The van der Waals surface area contributed by atoms with Gasteiger partial charge < -0.3 is 0 Å². The molecule has 0 spiro atoms. The fourth-order valence-electron chi connectivity index (χ4n) is 4.25. The van der Waals surface area contributed by atoms with E-state index in [1.807, 2.05) is 18.2 Å². The smallest absolute Gasteiger partial charge is 0.261 e. The molecule has 3 nitrogen and oxygen atoms in total. The van der Waals surface area contributed by atoms with E-state index in [9.17, 15) is 8.42 Å². The third-order valence-electron chi connectivity index (χ3n) is 5.58. The largest absolute Gasteiger partial charge is 0.262 e. The summed E-state index contributed by atoms with van der Waals surface area (Å²) in [6.45, 7) is 6.49. The molecule has 0 bridgehead atoms. The molecular formula is C18H20BrNO2S. The van der Waals surface area contributed by atoms with Crippen LogP contribution >= 0.6 is 15.9 Å². The van der Waals surface area contributed by atoms with Gasteiger partial charge in [0.2, 0.25) is 0 Å². The van der Waals surface area contributed by atoms with Gasteiger partial charge in [0.1, 0.15) is 0 Å². The predicted octanol–water partition coefficient (Wildman–Crippen LogP) is 4.40. The number of nitrogens with zero attached hydrogens (tertiary/aromatic N) is 1. The highest BCUT2D eigenvalue weighted by molar-refractivity contribution is 9.10. The SMILES string of the molecule is CC1=C[C@@H]2C(=CC1)S(=O)(=O)N1c3ccc(Br)cc3C[C@@H]1C2(C)C. The van der Waals surface area contributed by atoms with Gasteiger partial charge in [-0.1, -0.05) is 47.5 Å². The number of rotatable bonds is 0.